The fourth-order valence-corrected chi connectivity index (χ4v) is 2.58. The maximum Gasteiger partial charge on any atom is 0.460 e. The number of hydrogen-bond donors (Lipinski definition) is 1. The van der Waals surface area contributed by atoms with Gasteiger partial charge in [-0.25, -0.2) is 8.78 Å². The minimum atomic E-state index is -6.73. The highest BCUT2D eigenvalue weighted by atomic mass is 19.4. The van der Waals surface area contributed by atoms with Crippen LogP contribution >= 0.6 is 0 Å². The van der Waals surface area contributed by atoms with Crippen molar-refractivity contribution in [1.82, 2.24) is 0 Å². The van der Waals surface area contributed by atoms with Crippen LogP contribution in [0.3, 0.4) is 0 Å². The summed E-state index contributed by atoms with van der Waals surface area (Å²) in [6.07, 6.45) is -11.8. The van der Waals surface area contributed by atoms with Gasteiger partial charge in [-0.05, 0) is 42.8 Å². The number of hydrazine groups is 1. The largest absolute Gasteiger partial charge is 0.460 e. The van der Waals surface area contributed by atoms with Crippen LogP contribution in [-0.2, 0) is 0 Å². The number of halogens is 9. The molecule has 0 unspecified atom stereocenters. The summed E-state index contributed by atoms with van der Waals surface area (Å²) >= 11 is 0. The number of aryl methyl sites for hydroxylation is 1. The van der Waals surface area contributed by atoms with Crippen molar-refractivity contribution in [3.8, 4) is 0 Å². The van der Waals surface area contributed by atoms with E-state index in [9.17, 15) is 39.5 Å². The van der Waals surface area contributed by atoms with Crippen molar-refractivity contribution >= 4 is 17.1 Å². The van der Waals surface area contributed by atoms with E-state index in [1.54, 1.807) is 0 Å². The van der Waals surface area contributed by atoms with E-state index in [1.165, 1.54) is 5.56 Å². The lowest BCUT2D eigenvalue weighted by Crippen LogP contribution is -2.55. The highest BCUT2D eigenvalue weighted by Gasteiger charge is 2.76. The van der Waals surface area contributed by atoms with E-state index in [0.29, 0.717) is 0 Å². The summed E-state index contributed by atoms with van der Waals surface area (Å²) in [5, 5.41) is 2.10. The van der Waals surface area contributed by atoms with E-state index in [0.717, 1.165) is 17.1 Å². The molecule has 0 atom stereocenters. The standard InChI is InChI=1S/C19H18N2.C4HF9/c1-16-10-8-9-15-19(16)20-21(17-11-4-2-5-12-17)18-13-6-3-7-14-18;5-1(6)2(7,8)3(9,10)4(11,12)13/h2-15,20H,1H3;1H. The third-order valence-corrected chi connectivity index (χ3v) is 4.45. The Labute approximate surface area is 189 Å². The van der Waals surface area contributed by atoms with Crippen LogP contribution in [0.4, 0.5) is 56.6 Å². The van der Waals surface area contributed by atoms with Gasteiger partial charge in [-0.1, -0.05) is 54.6 Å². The van der Waals surface area contributed by atoms with Gasteiger partial charge in [0.15, 0.2) is 0 Å². The second-order valence-electron chi connectivity index (χ2n) is 6.93. The van der Waals surface area contributed by atoms with Crippen LogP contribution in [0.15, 0.2) is 84.9 Å². The molecule has 2 nitrogen and oxygen atoms in total. The van der Waals surface area contributed by atoms with Crippen LogP contribution in [0.1, 0.15) is 5.56 Å². The average Bonchev–Trinajstić information content (AvgIpc) is 2.79. The molecule has 0 heterocycles. The topological polar surface area (TPSA) is 15.3 Å². The lowest BCUT2D eigenvalue weighted by molar-refractivity contribution is -0.375. The summed E-state index contributed by atoms with van der Waals surface area (Å²) in [6, 6.07) is 28.9. The molecule has 0 aliphatic rings. The van der Waals surface area contributed by atoms with Crippen LogP contribution < -0.4 is 10.4 Å². The van der Waals surface area contributed by atoms with Crippen LogP contribution in [0.25, 0.3) is 0 Å². The summed E-state index contributed by atoms with van der Waals surface area (Å²) in [5.41, 5.74) is 8.04. The first kappa shape index (κ1) is 26.9. The molecule has 0 saturated carbocycles. The average molecular weight is 494 g/mol. The molecule has 3 aromatic rings. The molecule has 0 fully saturated rings. The predicted molar refractivity (Wildman–Crippen MR) is 112 cm³/mol. The fraction of sp³-hybridized carbons (Fsp3) is 0.217. The molecular formula is C23H19F9N2. The molecule has 0 bridgehead atoms. The van der Waals surface area contributed by atoms with Gasteiger partial charge < -0.3 is 0 Å². The highest BCUT2D eigenvalue weighted by molar-refractivity contribution is 5.69. The second kappa shape index (κ2) is 10.7. The van der Waals surface area contributed by atoms with Crippen molar-refractivity contribution in [1.29, 1.82) is 0 Å². The van der Waals surface area contributed by atoms with Gasteiger partial charge in [-0.2, -0.15) is 30.7 Å². The number of para-hydroxylation sites is 3. The molecule has 0 radical (unpaired) electrons. The quantitative estimate of drug-likeness (QED) is 0.274. The number of nitrogens with zero attached hydrogens (tertiary/aromatic N) is 1. The monoisotopic (exact) mass is 494 g/mol. The summed E-state index contributed by atoms with van der Waals surface area (Å²) in [5.74, 6) is -13.1. The number of rotatable bonds is 6. The molecule has 0 aromatic heterocycles. The van der Waals surface area contributed by atoms with Crippen molar-refractivity contribution in [3.05, 3.63) is 90.5 Å². The van der Waals surface area contributed by atoms with Gasteiger partial charge in [-0.3, -0.25) is 10.4 Å². The van der Waals surface area contributed by atoms with Gasteiger partial charge in [-0.15, -0.1) is 0 Å². The number of alkyl halides is 9. The first-order valence-corrected chi connectivity index (χ1v) is 9.62. The third-order valence-electron chi connectivity index (χ3n) is 4.45. The summed E-state index contributed by atoms with van der Waals surface area (Å²) in [7, 11) is 0. The van der Waals surface area contributed by atoms with E-state index in [1.807, 2.05) is 42.5 Å². The van der Waals surface area contributed by atoms with Crippen LogP contribution in [0.5, 0.6) is 0 Å². The van der Waals surface area contributed by atoms with Gasteiger partial charge in [0.1, 0.15) is 0 Å². The molecule has 3 rings (SSSR count). The minimum Gasteiger partial charge on any atom is -0.294 e. The Kier molecular flexibility index (Phi) is 8.46. The summed E-state index contributed by atoms with van der Waals surface area (Å²) < 4.78 is 102. The molecule has 1 N–H and O–H groups in total. The van der Waals surface area contributed by atoms with Crippen LogP contribution in [-0.4, -0.2) is 24.4 Å². The molecule has 0 aliphatic heterocycles. The zero-order valence-electron chi connectivity index (χ0n) is 17.5. The zero-order chi connectivity index (χ0) is 25.6. The van der Waals surface area contributed by atoms with E-state index in [2.05, 4.69) is 59.8 Å². The molecule has 34 heavy (non-hydrogen) atoms. The Hall–Kier alpha value is -3.37. The molecule has 0 saturated heterocycles. The van der Waals surface area contributed by atoms with Crippen molar-refractivity contribution in [2.24, 2.45) is 0 Å². The van der Waals surface area contributed by atoms with Gasteiger partial charge in [0.2, 0.25) is 0 Å². The van der Waals surface area contributed by atoms with E-state index >= 15 is 0 Å². The lowest BCUT2D eigenvalue weighted by Gasteiger charge is -2.27. The van der Waals surface area contributed by atoms with E-state index in [4.69, 9.17) is 0 Å². The van der Waals surface area contributed by atoms with Gasteiger partial charge in [0, 0.05) is 0 Å². The number of nitrogens with one attached hydrogen (secondary N) is 1. The molecular weight excluding hydrogens is 475 g/mol. The van der Waals surface area contributed by atoms with Crippen molar-refractivity contribution in [3.63, 3.8) is 0 Å². The highest BCUT2D eigenvalue weighted by Crippen LogP contribution is 2.48. The number of hydrogen-bond acceptors (Lipinski definition) is 2. The Morgan fingerprint density at radius 2 is 1.06 bits per heavy atom. The van der Waals surface area contributed by atoms with Crippen molar-refractivity contribution in [2.45, 2.75) is 31.4 Å². The molecule has 0 aliphatic carbocycles. The molecule has 184 valence electrons. The summed E-state index contributed by atoms with van der Waals surface area (Å²) in [6.45, 7) is 2.11. The van der Waals surface area contributed by atoms with Crippen molar-refractivity contribution < 1.29 is 39.5 Å². The Morgan fingerprint density at radius 3 is 1.41 bits per heavy atom. The molecule has 0 amide bonds. The van der Waals surface area contributed by atoms with Gasteiger partial charge in [0.25, 0.3) is 0 Å². The maximum atomic E-state index is 11.6. The number of benzene rings is 3. The summed E-state index contributed by atoms with van der Waals surface area (Å²) in [4.78, 5) is 0. The Balaban J connectivity index is 0.000000273. The SMILES string of the molecule is Cc1ccccc1NN(c1ccccc1)c1ccccc1.FC(F)C(F)(F)C(F)(F)C(F)(F)F. The van der Waals surface area contributed by atoms with Crippen LogP contribution in [0, 0.1) is 6.92 Å². The third kappa shape index (κ3) is 6.15. The first-order valence-electron chi connectivity index (χ1n) is 9.62. The van der Waals surface area contributed by atoms with Gasteiger partial charge >= 0.3 is 24.4 Å². The Morgan fingerprint density at radius 1 is 0.647 bits per heavy atom. The molecule has 0 spiro atoms. The lowest BCUT2D eigenvalue weighted by atomic mass is 10.2. The molecule has 3 aromatic carbocycles. The number of anilines is 3. The minimum absolute atomic E-state index is 1.10. The first-order chi connectivity index (χ1) is 15.8. The van der Waals surface area contributed by atoms with Crippen LogP contribution in [0.2, 0.25) is 0 Å². The predicted octanol–water partition coefficient (Wildman–Crippen LogP) is 8.24. The molecule has 11 heteroatoms. The normalized spacial score (nSPS) is 12.1. The van der Waals surface area contributed by atoms with E-state index < -0.39 is 24.4 Å². The smallest absolute Gasteiger partial charge is 0.294 e. The second-order valence-corrected chi connectivity index (χ2v) is 6.93. The van der Waals surface area contributed by atoms with E-state index in [-0.39, 0.29) is 0 Å². The fourth-order valence-electron chi connectivity index (χ4n) is 2.58. The maximum absolute atomic E-state index is 11.6. The Bertz CT molecular complexity index is 984. The van der Waals surface area contributed by atoms with Crippen molar-refractivity contribution in [2.75, 3.05) is 10.4 Å². The zero-order valence-corrected chi connectivity index (χ0v) is 17.5. The van der Waals surface area contributed by atoms with Gasteiger partial charge in [0.05, 0.1) is 17.1 Å².